The second-order valence-corrected chi connectivity index (χ2v) is 11.1. The molecule has 3 rings (SSSR count). The van der Waals surface area contributed by atoms with Crippen molar-refractivity contribution in [3.8, 4) is 0 Å². The predicted octanol–water partition coefficient (Wildman–Crippen LogP) is -7.76. The van der Waals surface area contributed by atoms with E-state index in [1.807, 2.05) is 0 Å². The summed E-state index contributed by atoms with van der Waals surface area (Å²) in [7, 11) is 0. The molecule has 0 spiro atoms. The van der Waals surface area contributed by atoms with E-state index in [1.54, 1.807) is 0 Å². The lowest BCUT2D eigenvalue weighted by atomic mass is 9.82. The third-order valence-corrected chi connectivity index (χ3v) is 7.81. The highest BCUT2D eigenvalue weighted by Gasteiger charge is 2.48. The number of H-pyrrole nitrogens is 1. The maximum Gasteiger partial charge on any atom is 0.328 e. The van der Waals surface area contributed by atoms with Crippen LogP contribution in [0.15, 0.2) is 15.8 Å². The van der Waals surface area contributed by atoms with Crippen molar-refractivity contribution in [2.75, 3.05) is 39.3 Å². The molecule has 0 bridgehead atoms. The summed E-state index contributed by atoms with van der Waals surface area (Å²) >= 11 is 0. The molecule has 16 N–H and O–H groups in total. The molecule has 1 aromatic rings. The fraction of sp³-hybridized carbons (Fsp3) is 0.760. The smallest absolute Gasteiger partial charge is 0.328 e. The van der Waals surface area contributed by atoms with Crippen LogP contribution in [0.3, 0.4) is 0 Å². The fourth-order valence-corrected chi connectivity index (χ4v) is 5.26. The van der Waals surface area contributed by atoms with E-state index in [1.165, 1.54) is 18.0 Å². The number of carbonyl (C=O) groups excluding carboxylic acids is 2. The monoisotopic (exact) mass is 630 g/mol. The Kier molecular flexibility index (Phi) is 12.9. The van der Waals surface area contributed by atoms with E-state index in [-0.39, 0.29) is 51.3 Å². The molecule has 19 nitrogen and oxygen atoms in total. The number of nitrogens with two attached hydrogens (primary N) is 5. The van der Waals surface area contributed by atoms with Crippen molar-refractivity contribution in [2.24, 2.45) is 28.7 Å². The van der Waals surface area contributed by atoms with Crippen LogP contribution in [-0.2, 0) is 25.6 Å². The van der Waals surface area contributed by atoms with E-state index in [9.17, 15) is 34.5 Å². The van der Waals surface area contributed by atoms with Crippen molar-refractivity contribution >= 4 is 11.8 Å². The Morgan fingerprint density at radius 1 is 1.11 bits per heavy atom. The lowest BCUT2D eigenvalue weighted by Gasteiger charge is -2.47. The average Bonchev–Trinajstić information content (AvgIpc) is 2.97. The molecule has 1 saturated carbocycles. The maximum absolute atomic E-state index is 12.8. The number of rotatable bonds is 13. The summed E-state index contributed by atoms with van der Waals surface area (Å²) < 4.78 is 12.7. The number of aliphatic hydroxyl groups is 3. The van der Waals surface area contributed by atoms with Crippen LogP contribution in [0.2, 0.25) is 0 Å². The molecule has 1 saturated heterocycles. The van der Waals surface area contributed by atoms with E-state index < -0.39 is 90.6 Å². The first-order valence-electron chi connectivity index (χ1n) is 14.4. The first kappa shape index (κ1) is 35.7. The SMILES string of the molecule is Cc1cn(CC(=O)N(CCN)CC(=O)NCCN[C@H]2[C@@H](O)[C@H](N)C[C@H](N)[C@H]2O[C@H]2O[C@H](CN)[C@@H](O)[C@H](O)[C@H]2N)c(=O)[nH]c1=O. The highest BCUT2D eigenvalue weighted by Crippen LogP contribution is 2.27. The Hall–Kier alpha value is -2.82. The van der Waals surface area contributed by atoms with E-state index >= 15 is 0 Å². The van der Waals surface area contributed by atoms with Gasteiger partial charge in [0, 0.05) is 56.6 Å². The molecule has 0 unspecified atom stereocenters. The molecule has 2 aliphatic rings. The first-order chi connectivity index (χ1) is 20.8. The van der Waals surface area contributed by atoms with Crippen LogP contribution in [0.5, 0.6) is 0 Å². The van der Waals surface area contributed by atoms with Crippen molar-refractivity contribution in [3.63, 3.8) is 0 Å². The van der Waals surface area contributed by atoms with Gasteiger partial charge in [0.1, 0.15) is 24.9 Å². The average molecular weight is 631 g/mol. The zero-order valence-electron chi connectivity index (χ0n) is 24.6. The quantitative estimate of drug-likeness (QED) is 0.0901. The molecule has 10 atom stereocenters. The summed E-state index contributed by atoms with van der Waals surface area (Å²) in [5.74, 6) is -1.06. The van der Waals surface area contributed by atoms with E-state index in [0.717, 1.165) is 4.57 Å². The molecule has 0 aromatic carbocycles. The van der Waals surface area contributed by atoms with Crippen molar-refractivity contribution in [3.05, 3.63) is 32.6 Å². The number of aliphatic hydroxyl groups excluding tert-OH is 3. The minimum Gasteiger partial charge on any atom is -0.390 e. The molecular formula is C25H46N10O9. The van der Waals surface area contributed by atoms with E-state index in [4.69, 9.17) is 38.1 Å². The number of ether oxygens (including phenoxy) is 2. The Bertz CT molecular complexity index is 1230. The molecule has 2 amide bonds. The van der Waals surface area contributed by atoms with Gasteiger partial charge in [-0.05, 0) is 13.3 Å². The molecule has 1 aromatic heterocycles. The number of nitrogens with one attached hydrogen (secondary N) is 3. The van der Waals surface area contributed by atoms with Gasteiger partial charge in [0.25, 0.3) is 5.56 Å². The second-order valence-electron chi connectivity index (χ2n) is 11.1. The van der Waals surface area contributed by atoms with Gasteiger partial charge < -0.3 is 69.0 Å². The molecule has 2 fully saturated rings. The molecular weight excluding hydrogens is 584 g/mol. The largest absolute Gasteiger partial charge is 0.390 e. The maximum atomic E-state index is 12.8. The predicted molar refractivity (Wildman–Crippen MR) is 156 cm³/mol. The number of aromatic amines is 1. The van der Waals surface area contributed by atoms with Crippen LogP contribution in [0.4, 0.5) is 0 Å². The van der Waals surface area contributed by atoms with Crippen LogP contribution in [-0.4, -0.2) is 142 Å². The third-order valence-electron chi connectivity index (χ3n) is 7.81. The summed E-state index contributed by atoms with van der Waals surface area (Å²) in [6, 6.07) is -3.29. The van der Waals surface area contributed by atoms with E-state index in [2.05, 4.69) is 15.6 Å². The fourth-order valence-electron chi connectivity index (χ4n) is 5.26. The van der Waals surface area contributed by atoms with Crippen LogP contribution in [0.25, 0.3) is 0 Å². The molecule has 19 heteroatoms. The summed E-state index contributed by atoms with van der Waals surface area (Å²) in [4.78, 5) is 52.4. The lowest BCUT2D eigenvalue weighted by molar-refractivity contribution is -0.279. The van der Waals surface area contributed by atoms with Crippen LogP contribution in [0.1, 0.15) is 12.0 Å². The summed E-state index contributed by atoms with van der Waals surface area (Å²) in [5, 5.41) is 37.1. The van der Waals surface area contributed by atoms with Crippen molar-refractivity contribution in [1.29, 1.82) is 0 Å². The molecule has 1 aliphatic heterocycles. The van der Waals surface area contributed by atoms with Crippen molar-refractivity contribution in [1.82, 2.24) is 25.1 Å². The van der Waals surface area contributed by atoms with Gasteiger partial charge in [-0.3, -0.25) is 23.9 Å². The zero-order chi connectivity index (χ0) is 32.7. The van der Waals surface area contributed by atoms with Gasteiger partial charge >= 0.3 is 5.69 Å². The summed E-state index contributed by atoms with van der Waals surface area (Å²) in [6.07, 6.45) is -5.31. The van der Waals surface area contributed by atoms with Gasteiger partial charge in [0.2, 0.25) is 11.8 Å². The van der Waals surface area contributed by atoms with Crippen LogP contribution in [0, 0.1) is 6.92 Å². The standard InChI is InChI=1S/C25H46N10O9/c1-11-8-35(25(42)33-23(11)41)10-16(37)34(5-2-26)9-15(36)31-3-4-32-18-19(38)12(28)6-13(29)22(18)44-24-17(30)21(40)20(39)14(7-27)43-24/h8,12-14,17-22,24,32,38-40H,2-7,9-10,26-30H2,1H3,(H,31,36)(H,33,41,42)/t12-,13+,14-,17-,18+,19+,20-,21-,22-,24-/m1/s1. The molecule has 0 radical (unpaired) electrons. The number of aromatic nitrogens is 2. The number of hydrogen-bond acceptors (Lipinski definition) is 15. The summed E-state index contributed by atoms with van der Waals surface area (Å²) in [6.45, 7) is 0.972. The van der Waals surface area contributed by atoms with E-state index in [0.29, 0.717) is 0 Å². The zero-order valence-corrected chi connectivity index (χ0v) is 24.6. The van der Waals surface area contributed by atoms with Crippen molar-refractivity contribution in [2.45, 2.75) is 80.9 Å². The number of amides is 2. The van der Waals surface area contributed by atoms with Gasteiger partial charge in [0.05, 0.1) is 30.8 Å². The number of hydrogen-bond donors (Lipinski definition) is 11. The normalized spacial score (nSPS) is 32.3. The minimum absolute atomic E-state index is 0.0484. The van der Waals surface area contributed by atoms with Crippen LogP contribution < -0.4 is 50.6 Å². The molecule has 44 heavy (non-hydrogen) atoms. The Labute approximate surface area is 253 Å². The second kappa shape index (κ2) is 16.0. The summed E-state index contributed by atoms with van der Waals surface area (Å²) in [5.41, 5.74) is 28.6. The Morgan fingerprint density at radius 3 is 2.48 bits per heavy atom. The van der Waals surface area contributed by atoms with Crippen molar-refractivity contribution < 1.29 is 34.4 Å². The van der Waals surface area contributed by atoms with Gasteiger partial charge in [-0.25, -0.2) is 4.79 Å². The topological polar surface area (TPSA) is 326 Å². The van der Waals surface area contributed by atoms with Gasteiger partial charge in [0.15, 0.2) is 6.29 Å². The number of aryl methyl sites for hydroxylation is 1. The Balaban J connectivity index is 1.57. The molecule has 2 heterocycles. The van der Waals surface area contributed by atoms with Crippen LogP contribution >= 0.6 is 0 Å². The first-order valence-corrected chi connectivity index (χ1v) is 14.4. The van der Waals surface area contributed by atoms with Gasteiger partial charge in [-0.15, -0.1) is 0 Å². The number of nitrogens with zero attached hydrogens (tertiary/aromatic N) is 2. The Morgan fingerprint density at radius 2 is 1.82 bits per heavy atom. The molecule has 1 aliphatic carbocycles. The van der Waals surface area contributed by atoms with Gasteiger partial charge in [-0.2, -0.15) is 0 Å². The lowest BCUT2D eigenvalue weighted by Crippen LogP contribution is -2.70. The highest BCUT2D eigenvalue weighted by molar-refractivity contribution is 5.84. The molecule has 250 valence electrons. The van der Waals surface area contributed by atoms with Gasteiger partial charge in [-0.1, -0.05) is 0 Å². The highest BCUT2D eigenvalue weighted by atomic mass is 16.7. The minimum atomic E-state index is -1.37. The third kappa shape index (κ3) is 8.67. The number of carbonyl (C=O) groups is 2.